The number of carbonyl (C=O) groups is 1. The van der Waals surface area contributed by atoms with Gasteiger partial charge in [-0.25, -0.2) is 4.98 Å². The van der Waals surface area contributed by atoms with Gasteiger partial charge in [0, 0.05) is 53.9 Å². The van der Waals surface area contributed by atoms with E-state index in [4.69, 9.17) is 33.9 Å². The molecule has 2 unspecified atom stereocenters. The maximum atomic E-state index is 14.6. The van der Waals surface area contributed by atoms with Gasteiger partial charge >= 0.3 is 0 Å². The fraction of sp³-hybridized carbons (Fsp3) is 0.312. The molecule has 0 aliphatic carbocycles. The first-order valence-corrected chi connectivity index (χ1v) is 14.8. The number of hydrogen-bond acceptors (Lipinski definition) is 6. The highest BCUT2D eigenvalue weighted by Gasteiger charge is 2.42. The number of nitrogen functional groups attached to an aromatic ring is 1. The van der Waals surface area contributed by atoms with Gasteiger partial charge in [-0.3, -0.25) is 19.1 Å². The fourth-order valence-electron chi connectivity index (χ4n) is 6.38. The Morgan fingerprint density at radius 1 is 1.14 bits per heavy atom. The predicted octanol–water partition coefficient (Wildman–Crippen LogP) is 5.92. The van der Waals surface area contributed by atoms with Crippen molar-refractivity contribution in [3.05, 3.63) is 86.4 Å². The van der Waals surface area contributed by atoms with Crippen molar-refractivity contribution < 1.29 is 4.79 Å². The molecule has 5 heterocycles. The smallest absolute Gasteiger partial charge is 0.262 e. The first kappa shape index (κ1) is 28.2. The standard InChI is InChI=1S/C32H32Cl2N6O2/c1-6-26(41)38-15-20-12-23-30(39(20)14-18(38)5)22-13-25(34)28(21-11-19(35)7-8-24(21)33)37-31(22)40(32(23)42)29-17(4)9-10-36-27(29)16(2)3/h6-11,13,16,18,20H,1,12,14-15,35H2,2-5H3. The van der Waals surface area contributed by atoms with Gasteiger partial charge in [0.25, 0.3) is 5.56 Å². The molecule has 2 aliphatic heterocycles. The normalized spacial score (nSPS) is 18.0. The maximum absolute atomic E-state index is 14.6. The highest BCUT2D eigenvalue weighted by molar-refractivity contribution is 6.36. The largest absolute Gasteiger partial charge is 0.399 e. The van der Waals surface area contributed by atoms with E-state index in [0.29, 0.717) is 63.4 Å². The number of piperazine rings is 1. The minimum atomic E-state index is -0.154. The Balaban J connectivity index is 1.69. The van der Waals surface area contributed by atoms with Crippen LogP contribution in [-0.4, -0.2) is 50.5 Å². The zero-order valence-electron chi connectivity index (χ0n) is 24.0. The summed E-state index contributed by atoms with van der Waals surface area (Å²) in [7, 11) is 0. The monoisotopic (exact) mass is 602 g/mol. The molecule has 2 N–H and O–H groups in total. The van der Waals surface area contributed by atoms with Crippen molar-refractivity contribution in [2.75, 3.05) is 23.7 Å². The van der Waals surface area contributed by atoms with Crippen molar-refractivity contribution in [3.63, 3.8) is 0 Å². The number of fused-ring (bicyclic) bond motifs is 5. The van der Waals surface area contributed by atoms with Crippen LogP contribution in [0.3, 0.4) is 0 Å². The van der Waals surface area contributed by atoms with Gasteiger partial charge in [0.1, 0.15) is 5.65 Å². The van der Waals surface area contributed by atoms with Crippen LogP contribution in [0.5, 0.6) is 0 Å². The number of aryl methyl sites for hydroxylation is 1. The van der Waals surface area contributed by atoms with E-state index in [1.54, 1.807) is 29.0 Å². The number of amides is 1. The summed E-state index contributed by atoms with van der Waals surface area (Å²) in [6.07, 6.45) is 3.61. The number of carbonyl (C=O) groups excluding carboxylic acids is 1. The van der Waals surface area contributed by atoms with Crippen LogP contribution in [0.4, 0.5) is 11.4 Å². The molecule has 4 aromatic rings. The zero-order valence-corrected chi connectivity index (χ0v) is 25.5. The Morgan fingerprint density at radius 2 is 1.90 bits per heavy atom. The van der Waals surface area contributed by atoms with Crippen molar-refractivity contribution >= 4 is 51.5 Å². The van der Waals surface area contributed by atoms with E-state index in [-0.39, 0.29) is 29.5 Å². The summed E-state index contributed by atoms with van der Waals surface area (Å²) >= 11 is 13.6. The molecule has 216 valence electrons. The number of benzene rings is 1. The van der Waals surface area contributed by atoms with Crippen molar-refractivity contribution in [2.24, 2.45) is 0 Å². The minimum Gasteiger partial charge on any atom is -0.399 e. The van der Waals surface area contributed by atoms with Gasteiger partial charge in [0.15, 0.2) is 0 Å². The molecule has 1 fully saturated rings. The molecule has 0 spiro atoms. The Hall–Kier alpha value is -3.88. The van der Waals surface area contributed by atoms with Crippen LogP contribution < -0.4 is 16.2 Å². The van der Waals surface area contributed by atoms with E-state index < -0.39 is 0 Å². The molecule has 1 aromatic carbocycles. The molecule has 6 rings (SSSR count). The Bertz CT molecular complexity index is 1850. The van der Waals surface area contributed by atoms with Gasteiger partial charge in [-0.15, -0.1) is 0 Å². The number of anilines is 2. The van der Waals surface area contributed by atoms with Crippen molar-refractivity contribution in [1.29, 1.82) is 0 Å². The molecule has 0 radical (unpaired) electrons. The molecule has 0 bridgehead atoms. The van der Waals surface area contributed by atoms with E-state index in [1.807, 2.05) is 30.9 Å². The van der Waals surface area contributed by atoms with Crippen molar-refractivity contribution in [3.8, 4) is 16.9 Å². The molecule has 8 nitrogen and oxygen atoms in total. The van der Waals surface area contributed by atoms with E-state index in [9.17, 15) is 9.59 Å². The number of hydrogen-bond donors (Lipinski definition) is 1. The average Bonchev–Trinajstić information content (AvgIpc) is 3.33. The number of aromatic nitrogens is 3. The molecule has 0 saturated carbocycles. The highest BCUT2D eigenvalue weighted by Crippen LogP contribution is 2.43. The molecule has 3 aromatic heterocycles. The van der Waals surface area contributed by atoms with E-state index in [1.165, 1.54) is 6.08 Å². The summed E-state index contributed by atoms with van der Waals surface area (Å²) in [5.74, 6) is -0.0582. The Kier molecular flexibility index (Phi) is 7.02. The summed E-state index contributed by atoms with van der Waals surface area (Å²) in [4.78, 5) is 41.1. The summed E-state index contributed by atoms with van der Waals surface area (Å²) in [5, 5.41) is 1.60. The lowest BCUT2D eigenvalue weighted by Crippen LogP contribution is -2.57. The predicted molar refractivity (Wildman–Crippen MR) is 170 cm³/mol. The number of nitrogens with zero attached hydrogens (tertiary/aromatic N) is 5. The number of halogens is 2. The molecule has 2 atom stereocenters. The number of pyridine rings is 3. The van der Waals surface area contributed by atoms with Crippen LogP contribution in [0.2, 0.25) is 10.0 Å². The molecule has 1 amide bonds. The van der Waals surface area contributed by atoms with Gasteiger partial charge in [-0.05, 0) is 61.7 Å². The van der Waals surface area contributed by atoms with Gasteiger partial charge in [-0.1, -0.05) is 43.6 Å². The highest BCUT2D eigenvalue weighted by atomic mass is 35.5. The molecular formula is C32H32Cl2N6O2. The first-order valence-electron chi connectivity index (χ1n) is 14.0. The van der Waals surface area contributed by atoms with Crippen LogP contribution in [0.25, 0.3) is 28.0 Å². The van der Waals surface area contributed by atoms with Gasteiger partial charge in [-0.2, -0.15) is 0 Å². The van der Waals surface area contributed by atoms with E-state index in [0.717, 1.165) is 22.3 Å². The minimum absolute atomic E-state index is 0.0518. The lowest BCUT2D eigenvalue weighted by Gasteiger charge is -2.43. The third-order valence-electron chi connectivity index (χ3n) is 8.37. The SMILES string of the molecule is C=CC(=O)N1CC2Cc3c(c4cc(Cl)c(-c5cc(N)ccc5Cl)nc4n(-c4c(C)ccnc4C(C)C)c3=O)N2CC1C. The van der Waals surface area contributed by atoms with E-state index >= 15 is 0 Å². The van der Waals surface area contributed by atoms with Crippen LogP contribution in [0.1, 0.15) is 43.5 Å². The first-order chi connectivity index (χ1) is 20.0. The van der Waals surface area contributed by atoms with Gasteiger partial charge in [0.05, 0.1) is 38.8 Å². The molecule has 1 saturated heterocycles. The van der Waals surface area contributed by atoms with Crippen LogP contribution in [0.15, 0.2) is 54.0 Å². The van der Waals surface area contributed by atoms with Crippen molar-refractivity contribution in [1.82, 2.24) is 19.4 Å². The lowest BCUT2D eigenvalue weighted by molar-refractivity contribution is -0.128. The quantitative estimate of drug-likeness (QED) is 0.230. The molecular weight excluding hydrogens is 571 g/mol. The lowest BCUT2D eigenvalue weighted by atomic mass is 10.0. The summed E-state index contributed by atoms with van der Waals surface area (Å²) in [6, 6.07) is 8.81. The second-order valence-corrected chi connectivity index (χ2v) is 12.3. The van der Waals surface area contributed by atoms with Crippen LogP contribution in [0, 0.1) is 6.92 Å². The summed E-state index contributed by atoms with van der Waals surface area (Å²) < 4.78 is 1.69. The van der Waals surface area contributed by atoms with Crippen molar-refractivity contribution in [2.45, 2.75) is 52.1 Å². The zero-order chi connectivity index (χ0) is 30.0. The molecule has 10 heteroatoms. The second-order valence-electron chi connectivity index (χ2n) is 11.5. The molecule has 2 aliphatic rings. The third kappa shape index (κ3) is 4.36. The van der Waals surface area contributed by atoms with Gasteiger partial charge in [0.2, 0.25) is 5.91 Å². The summed E-state index contributed by atoms with van der Waals surface area (Å²) in [6.45, 7) is 12.8. The average molecular weight is 604 g/mol. The fourth-order valence-corrected chi connectivity index (χ4v) is 6.84. The second kappa shape index (κ2) is 10.4. The number of rotatable bonds is 4. The maximum Gasteiger partial charge on any atom is 0.262 e. The number of nitrogens with two attached hydrogens (primary N) is 1. The van der Waals surface area contributed by atoms with E-state index in [2.05, 4.69) is 30.3 Å². The topological polar surface area (TPSA) is 97.4 Å². The Morgan fingerprint density at radius 3 is 2.62 bits per heavy atom. The Labute approximate surface area is 254 Å². The van der Waals surface area contributed by atoms with Gasteiger partial charge < -0.3 is 15.5 Å². The van der Waals surface area contributed by atoms with Crippen LogP contribution in [-0.2, 0) is 11.2 Å². The third-order valence-corrected chi connectivity index (χ3v) is 8.98. The summed E-state index contributed by atoms with van der Waals surface area (Å²) in [5.41, 5.74) is 11.9. The molecule has 42 heavy (non-hydrogen) atoms. The van der Waals surface area contributed by atoms with Crippen LogP contribution >= 0.6 is 23.2 Å².